The van der Waals surface area contributed by atoms with E-state index in [0.29, 0.717) is 24.5 Å². The number of hydrogen-bond acceptors (Lipinski definition) is 3. The van der Waals surface area contributed by atoms with Crippen molar-refractivity contribution in [1.82, 2.24) is 5.32 Å². The monoisotopic (exact) mass is 331 g/mol. The number of benzene rings is 2. The van der Waals surface area contributed by atoms with E-state index in [1.165, 1.54) is 0 Å². The second-order valence-corrected chi connectivity index (χ2v) is 6.20. The van der Waals surface area contributed by atoms with Crippen molar-refractivity contribution in [1.29, 1.82) is 0 Å². The lowest BCUT2D eigenvalue weighted by Gasteiger charge is -2.12. The quantitative estimate of drug-likeness (QED) is 0.598. The molecule has 0 bridgehead atoms. The Balaban J connectivity index is 1.79. The number of carbonyl (C=O) groups excluding carboxylic acids is 1. The number of rotatable bonds is 7. The second kappa shape index (κ2) is 8.25. The van der Waals surface area contributed by atoms with E-state index in [4.69, 9.17) is 11.6 Å². The smallest absolute Gasteiger partial charge is 0.164 e. The highest BCUT2D eigenvalue weighted by Gasteiger charge is 2.10. The van der Waals surface area contributed by atoms with Gasteiger partial charge in [0.15, 0.2) is 5.78 Å². The summed E-state index contributed by atoms with van der Waals surface area (Å²) in [6.45, 7) is 4.87. The Bertz CT molecular complexity index is 668. The summed E-state index contributed by atoms with van der Waals surface area (Å²) in [5.74, 6) is 0.125. The normalized spacial score (nSPS) is 12.2. The summed E-state index contributed by atoms with van der Waals surface area (Å²) >= 11 is 5.83. The highest BCUT2D eigenvalue weighted by molar-refractivity contribution is 6.30. The number of ketones is 1. The zero-order valence-corrected chi connectivity index (χ0v) is 14.2. The van der Waals surface area contributed by atoms with Gasteiger partial charge in [0.05, 0.1) is 6.10 Å². The first-order chi connectivity index (χ1) is 11.0. The zero-order valence-electron chi connectivity index (χ0n) is 13.5. The summed E-state index contributed by atoms with van der Waals surface area (Å²) in [4.78, 5) is 12.3. The van der Waals surface area contributed by atoms with Crippen LogP contribution in [0.5, 0.6) is 0 Å². The number of halogens is 1. The number of carbonyl (C=O) groups is 1. The van der Waals surface area contributed by atoms with Gasteiger partial charge in [-0.25, -0.2) is 0 Å². The van der Waals surface area contributed by atoms with Crippen LogP contribution in [-0.4, -0.2) is 24.0 Å². The van der Waals surface area contributed by atoms with Gasteiger partial charge >= 0.3 is 0 Å². The molecule has 0 amide bonds. The Labute approximate surface area is 142 Å². The standard InChI is InChI=1S/C19H22ClNO2/c1-13-3-4-14(2)17(11-13)18(22)9-10-21-12-19(23)15-5-7-16(20)8-6-15/h3-8,11,19,21,23H,9-10,12H2,1-2H3. The molecule has 2 N–H and O–H groups in total. The molecule has 0 radical (unpaired) electrons. The molecule has 0 aromatic heterocycles. The van der Waals surface area contributed by atoms with Crippen molar-refractivity contribution in [3.05, 3.63) is 69.7 Å². The number of aryl methyl sites for hydroxylation is 2. The molecule has 0 aliphatic carbocycles. The van der Waals surface area contributed by atoms with Crippen LogP contribution in [0.2, 0.25) is 5.02 Å². The van der Waals surface area contributed by atoms with Crippen LogP contribution in [0.1, 0.15) is 39.6 Å². The van der Waals surface area contributed by atoms with E-state index in [9.17, 15) is 9.90 Å². The van der Waals surface area contributed by atoms with Crippen LogP contribution in [0.3, 0.4) is 0 Å². The molecule has 2 aromatic rings. The van der Waals surface area contributed by atoms with E-state index in [1.54, 1.807) is 24.3 Å². The molecule has 0 aliphatic rings. The van der Waals surface area contributed by atoms with Crippen LogP contribution in [0.15, 0.2) is 42.5 Å². The fraction of sp³-hybridized carbons (Fsp3) is 0.316. The van der Waals surface area contributed by atoms with Crippen molar-refractivity contribution in [2.24, 2.45) is 0 Å². The van der Waals surface area contributed by atoms with Crippen molar-refractivity contribution in [3.63, 3.8) is 0 Å². The molecule has 2 aromatic carbocycles. The molecule has 3 nitrogen and oxygen atoms in total. The van der Waals surface area contributed by atoms with Crippen molar-refractivity contribution in [3.8, 4) is 0 Å². The molecule has 0 saturated carbocycles. The fourth-order valence-corrected chi connectivity index (χ4v) is 2.54. The van der Waals surface area contributed by atoms with Crippen LogP contribution in [0.4, 0.5) is 0 Å². The average molecular weight is 332 g/mol. The van der Waals surface area contributed by atoms with Gasteiger partial charge in [0, 0.05) is 30.1 Å². The van der Waals surface area contributed by atoms with Crippen molar-refractivity contribution in [2.75, 3.05) is 13.1 Å². The molecular formula is C19H22ClNO2. The summed E-state index contributed by atoms with van der Waals surface area (Å²) in [5, 5.41) is 13.9. The summed E-state index contributed by atoms with van der Waals surface area (Å²) < 4.78 is 0. The lowest BCUT2D eigenvalue weighted by atomic mass is 10.0. The fourth-order valence-electron chi connectivity index (χ4n) is 2.41. The summed E-state index contributed by atoms with van der Waals surface area (Å²) in [6.07, 6.45) is -0.194. The Hall–Kier alpha value is -1.68. The largest absolute Gasteiger partial charge is 0.387 e. The number of hydrogen-bond donors (Lipinski definition) is 2. The molecule has 0 spiro atoms. The van der Waals surface area contributed by atoms with E-state index in [1.807, 2.05) is 32.0 Å². The van der Waals surface area contributed by atoms with E-state index in [2.05, 4.69) is 5.32 Å². The number of aliphatic hydroxyl groups excluding tert-OH is 1. The molecule has 0 fully saturated rings. The molecule has 2 rings (SSSR count). The summed E-state index contributed by atoms with van der Waals surface area (Å²) in [7, 11) is 0. The maximum absolute atomic E-state index is 12.3. The van der Waals surface area contributed by atoms with Crippen molar-refractivity contribution in [2.45, 2.75) is 26.4 Å². The van der Waals surface area contributed by atoms with Gasteiger partial charge in [-0.2, -0.15) is 0 Å². The van der Waals surface area contributed by atoms with Crippen LogP contribution in [0.25, 0.3) is 0 Å². The van der Waals surface area contributed by atoms with Crippen molar-refractivity contribution < 1.29 is 9.90 Å². The first-order valence-corrected chi connectivity index (χ1v) is 8.10. The van der Waals surface area contributed by atoms with Gasteiger partial charge in [0.1, 0.15) is 0 Å². The molecule has 1 atom stereocenters. The minimum atomic E-state index is -0.608. The topological polar surface area (TPSA) is 49.3 Å². The second-order valence-electron chi connectivity index (χ2n) is 5.76. The van der Waals surface area contributed by atoms with E-state index in [-0.39, 0.29) is 5.78 Å². The maximum Gasteiger partial charge on any atom is 0.164 e. The maximum atomic E-state index is 12.3. The molecule has 23 heavy (non-hydrogen) atoms. The third-order valence-corrected chi connectivity index (χ3v) is 4.07. The Kier molecular flexibility index (Phi) is 6.34. The Morgan fingerprint density at radius 3 is 2.57 bits per heavy atom. The lowest BCUT2D eigenvalue weighted by Crippen LogP contribution is -2.24. The van der Waals surface area contributed by atoms with Gasteiger partial charge in [-0.05, 0) is 43.2 Å². The van der Waals surface area contributed by atoms with Crippen LogP contribution < -0.4 is 5.32 Å². The first-order valence-electron chi connectivity index (χ1n) is 7.72. The number of nitrogens with one attached hydrogen (secondary N) is 1. The van der Waals surface area contributed by atoms with E-state index in [0.717, 1.165) is 22.3 Å². The third-order valence-electron chi connectivity index (χ3n) is 3.81. The molecule has 1 unspecified atom stereocenters. The zero-order chi connectivity index (χ0) is 16.8. The minimum Gasteiger partial charge on any atom is -0.387 e. The summed E-state index contributed by atoms with van der Waals surface area (Å²) in [6, 6.07) is 13.0. The van der Waals surface area contributed by atoms with Gasteiger partial charge in [0.25, 0.3) is 0 Å². The average Bonchev–Trinajstić information content (AvgIpc) is 2.54. The highest BCUT2D eigenvalue weighted by Crippen LogP contribution is 2.16. The molecule has 0 aliphatic heterocycles. The molecule has 4 heteroatoms. The predicted molar refractivity (Wildman–Crippen MR) is 94.1 cm³/mol. The Morgan fingerprint density at radius 1 is 1.17 bits per heavy atom. The minimum absolute atomic E-state index is 0.125. The van der Waals surface area contributed by atoms with Crippen LogP contribution in [-0.2, 0) is 0 Å². The van der Waals surface area contributed by atoms with Gasteiger partial charge in [-0.15, -0.1) is 0 Å². The third kappa shape index (κ3) is 5.17. The molecule has 122 valence electrons. The van der Waals surface area contributed by atoms with Gasteiger partial charge in [0.2, 0.25) is 0 Å². The first kappa shape index (κ1) is 17.7. The van der Waals surface area contributed by atoms with Gasteiger partial charge in [-0.1, -0.05) is 41.4 Å². The SMILES string of the molecule is Cc1ccc(C)c(C(=O)CCNCC(O)c2ccc(Cl)cc2)c1. The highest BCUT2D eigenvalue weighted by atomic mass is 35.5. The van der Waals surface area contributed by atoms with Gasteiger partial charge in [-0.3, -0.25) is 4.79 Å². The van der Waals surface area contributed by atoms with Gasteiger partial charge < -0.3 is 10.4 Å². The Morgan fingerprint density at radius 2 is 1.87 bits per heavy atom. The predicted octanol–water partition coefficient (Wildman–Crippen LogP) is 3.85. The molecular weight excluding hydrogens is 310 g/mol. The molecule has 0 heterocycles. The van der Waals surface area contributed by atoms with Crippen molar-refractivity contribution >= 4 is 17.4 Å². The van der Waals surface area contributed by atoms with Crippen LogP contribution in [0, 0.1) is 13.8 Å². The lowest BCUT2D eigenvalue weighted by molar-refractivity contribution is 0.0979. The number of Topliss-reactive ketones (excluding diaryl/α,β-unsaturated/α-hetero) is 1. The van der Waals surface area contributed by atoms with E-state index >= 15 is 0 Å². The van der Waals surface area contributed by atoms with Crippen LogP contribution >= 0.6 is 11.6 Å². The summed E-state index contributed by atoms with van der Waals surface area (Å²) in [5.41, 5.74) is 3.68. The molecule has 0 saturated heterocycles. The van der Waals surface area contributed by atoms with E-state index < -0.39 is 6.10 Å². The number of aliphatic hydroxyl groups is 1.